The molecule has 26 heavy (non-hydrogen) atoms. The number of carbonyl (C=O) groups is 1. The van der Waals surface area contributed by atoms with Gasteiger partial charge in [-0.25, -0.2) is 5.10 Å². The first-order valence-electron chi connectivity index (χ1n) is 7.94. The molecule has 0 fully saturated rings. The Balaban J connectivity index is 1.93. The lowest BCUT2D eigenvalue weighted by Crippen LogP contribution is -2.33. The number of benzene rings is 2. The van der Waals surface area contributed by atoms with Gasteiger partial charge in [-0.2, -0.15) is 5.10 Å². The molecule has 3 aromatic rings. The Hall–Kier alpha value is -3.45. The summed E-state index contributed by atoms with van der Waals surface area (Å²) in [5, 5.41) is 28.9. The highest BCUT2D eigenvalue weighted by molar-refractivity contribution is 5.94. The average molecular weight is 351 g/mol. The summed E-state index contributed by atoms with van der Waals surface area (Å²) in [5.74, 6) is -1.25. The fraction of sp³-hybridized carbons (Fsp3) is 0.105. The van der Waals surface area contributed by atoms with Crippen molar-refractivity contribution in [3.05, 3.63) is 93.9 Å². The van der Waals surface area contributed by atoms with Crippen LogP contribution in [-0.4, -0.2) is 26.3 Å². The van der Waals surface area contributed by atoms with Crippen molar-refractivity contribution in [1.82, 2.24) is 15.5 Å². The molecule has 0 saturated carbocycles. The first kappa shape index (κ1) is 17.4. The highest BCUT2D eigenvalue weighted by Crippen LogP contribution is 2.29. The van der Waals surface area contributed by atoms with Crippen LogP contribution in [-0.2, 0) is 0 Å². The van der Waals surface area contributed by atoms with Crippen molar-refractivity contribution < 1.29 is 15.0 Å². The van der Waals surface area contributed by atoms with Crippen LogP contribution in [0.5, 0.6) is 5.75 Å². The van der Waals surface area contributed by atoms with E-state index in [0.29, 0.717) is 11.1 Å². The molecule has 0 radical (unpaired) electrons. The molecule has 0 saturated heterocycles. The molecule has 7 nitrogen and oxygen atoms in total. The van der Waals surface area contributed by atoms with Crippen molar-refractivity contribution in [2.45, 2.75) is 12.1 Å². The molecule has 0 aliphatic carbocycles. The topological polar surface area (TPSA) is 115 Å². The van der Waals surface area contributed by atoms with Gasteiger partial charge in [-0.05, 0) is 11.1 Å². The molecular formula is C19H17N3O4. The number of aliphatic hydroxyl groups is 1. The minimum Gasteiger partial charge on any atom is -0.505 e. The van der Waals surface area contributed by atoms with Gasteiger partial charge < -0.3 is 15.5 Å². The maximum atomic E-state index is 12.5. The smallest absolute Gasteiger partial charge is 0.276 e. The summed E-state index contributed by atoms with van der Waals surface area (Å²) in [6.45, 7) is 0. The molecule has 0 aliphatic heterocycles. The highest BCUT2D eigenvalue weighted by Gasteiger charge is 2.26. The van der Waals surface area contributed by atoms with Gasteiger partial charge in [0.2, 0.25) is 0 Å². The van der Waals surface area contributed by atoms with Crippen LogP contribution in [0.15, 0.2) is 71.5 Å². The number of hydrogen-bond donors (Lipinski definition) is 4. The van der Waals surface area contributed by atoms with E-state index in [-0.39, 0.29) is 5.69 Å². The Morgan fingerprint density at radius 2 is 1.58 bits per heavy atom. The van der Waals surface area contributed by atoms with Crippen molar-refractivity contribution in [3.8, 4) is 5.75 Å². The Bertz CT molecular complexity index is 942. The number of aromatic nitrogens is 2. The van der Waals surface area contributed by atoms with Crippen LogP contribution >= 0.6 is 0 Å². The van der Waals surface area contributed by atoms with Crippen molar-refractivity contribution in [2.75, 3.05) is 0 Å². The third-order valence-electron chi connectivity index (χ3n) is 3.91. The second kappa shape index (κ2) is 7.62. The molecule has 1 amide bonds. The molecule has 7 heteroatoms. The van der Waals surface area contributed by atoms with E-state index >= 15 is 0 Å². The van der Waals surface area contributed by atoms with Gasteiger partial charge in [-0.1, -0.05) is 60.7 Å². The molecule has 0 bridgehead atoms. The van der Waals surface area contributed by atoms with Gasteiger partial charge in [0.1, 0.15) is 6.10 Å². The number of aromatic amines is 1. The van der Waals surface area contributed by atoms with E-state index in [2.05, 4.69) is 15.5 Å². The SMILES string of the molecule is O=C(N[C@H](c1ccccc1)[C@@H](O)c1ccccc1)c1n[nH]c(=O)cc1O. The summed E-state index contributed by atoms with van der Waals surface area (Å²) in [4.78, 5) is 23.7. The van der Waals surface area contributed by atoms with E-state index in [1.807, 2.05) is 12.1 Å². The van der Waals surface area contributed by atoms with Crippen LogP contribution in [0.1, 0.15) is 33.8 Å². The third kappa shape index (κ3) is 3.79. The van der Waals surface area contributed by atoms with Gasteiger partial charge in [0.15, 0.2) is 11.4 Å². The molecular weight excluding hydrogens is 334 g/mol. The number of nitrogens with one attached hydrogen (secondary N) is 2. The summed E-state index contributed by atoms with van der Waals surface area (Å²) >= 11 is 0. The summed E-state index contributed by atoms with van der Waals surface area (Å²) < 4.78 is 0. The van der Waals surface area contributed by atoms with Crippen molar-refractivity contribution >= 4 is 5.91 Å². The van der Waals surface area contributed by atoms with Crippen LogP contribution in [0, 0.1) is 0 Å². The molecule has 0 spiro atoms. The van der Waals surface area contributed by atoms with Gasteiger partial charge in [0, 0.05) is 6.07 Å². The summed E-state index contributed by atoms with van der Waals surface area (Å²) in [6.07, 6.45) is -1.02. The summed E-state index contributed by atoms with van der Waals surface area (Å²) in [7, 11) is 0. The Labute approximate surface area is 149 Å². The van der Waals surface area contributed by atoms with E-state index in [0.717, 1.165) is 6.07 Å². The molecule has 3 rings (SSSR count). The normalized spacial score (nSPS) is 13.0. The van der Waals surface area contributed by atoms with Crippen molar-refractivity contribution in [3.63, 3.8) is 0 Å². The van der Waals surface area contributed by atoms with E-state index < -0.39 is 29.4 Å². The highest BCUT2D eigenvalue weighted by atomic mass is 16.3. The maximum Gasteiger partial charge on any atom is 0.276 e. The van der Waals surface area contributed by atoms with E-state index in [4.69, 9.17) is 0 Å². The Kier molecular flexibility index (Phi) is 5.09. The van der Waals surface area contributed by atoms with Gasteiger partial charge in [0.25, 0.3) is 11.5 Å². The third-order valence-corrected chi connectivity index (χ3v) is 3.91. The first-order chi connectivity index (χ1) is 12.6. The minimum absolute atomic E-state index is 0.328. The zero-order valence-corrected chi connectivity index (χ0v) is 13.7. The number of aromatic hydroxyl groups is 1. The number of rotatable bonds is 5. The number of H-pyrrole nitrogens is 1. The Morgan fingerprint density at radius 3 is 2.15 bits per heavy atom. The maximum absolute atomic E-state index is 12.5. The Morgan fingerprint density at radius 1 is 1.00 bits per heavy atom. The molecule has 0 unspecified atom stereocenters. The standard InChI is InChI=1S/C19H17N3O4/c23-14-11-15(24)21-22-17(14)19(26)20-16(12-7-3-1-4-8-12)18(25)13-9-5-2-6-10-13/h1-11,16,18,25H,(H,20,26)(H2,21,23,24)/t16-,18+/m1/s1. The predicted molar refractivity (Wildman–Crippen MR) is 94.6 cm³/mol. The zero-order valence-electron chi connectivity index (χ0n) is 13.7. The number of hydrogen-bond acceptors (Lipinski definition) is 5. The number of aliphatic hydroxyl groups excluding tert-OH is 1. The zero-order chi connectivity index (χ0) is 18.5. The predicted octanol–water partition coefficient (Wildman–Crippen LogP) is 1.68. The summed E-state index contributed by atoms with van der Waals surface area (Å²) in [6, 6.07) is 18.0. The van der Waals surface area contributed by atoms with Gasteiger partial charge in [0.05, 0.1) is 6.04 Å². The van der Waals surface area contributed by atoms with Crippen molar-refractivity contribution in [1.29, 1.82) is 0 Å². The van der Waals surface area contributed by atoms with Crippen molar-refractivity contribution in [2.24, 2.45) is 0 Å². The largest absolute Gasteiger partial charge is 0.505 e. The second-order valence-corrected chi connectivity index (χ2v) is 5.68. The van der Waals surface area contributed by atoms with Gasteiger partial charge in [-0.15, -0.1) is 0 Å². The van der Waals surface area contributed by atoms with E-state index in [1.54, 1.807) is 48.5 Å². The number of carbonyl (C=O) groups excluding carboxylic acids is 1. The number of nitrogens with zero attached hydrogens (tertiary/aromatic N) is 1. The quantitative estimate of drug-likeness (QED) is 0.558. The second-order valence-electron chi connectivity index (χ2n) is 5.68. The molecule has 2 atom stereocenters. The minimum atomic E-state index is -1.02. The monoisotopic (exact) mass is 351 g/mol. The molecule has 2 aromatic carbocycles. The van der Waals surface area contributed by atoms with Gasteiger partial charge in [-0.3, -0.25) is 9.59 Å². The number of amides is 1. The first-order valence-corrected chi connectivity index (χ1v) is 7.94. The molecule has 1 aromatic heterocycles. The fourth-order valence-corrected chi connectivity index (χ4v) is 2.62. The molecule has 132 valence electrons. The van der Waals surface area contributed by atoms with Crippen LogP contribution < -0.4 is 10.9 Å². The lowest BCUT2D eigenvalue weighted by molar-refractivity contribution is 0.0823. The average Bonchev–Trinajstić information content (AvgIpc) is 2.67. The van der Waals surface area contributed by atoms with Crippen LogP contribution in [0.3, 0.4) is 0 Å². The van der Waals surface area contributed by atoms with E-state index in [9.17, 15) is 19.8 Å². The lowest BCUT2D eigenvalue weighted by Gasteiger charge is -2.25. The fourth-order valence-electron chi connectivity index (χ4n) is 2.62. The van der Waals surface area contributed by atoms with Crippen LogP contribution in [0.2, 0.25) is 0 Å². The van der Waals surface area contributed by atoms with E-state index in [1.165, 1.54) is 0 Å². The van der Waals surface area contributed by atoms with Gasteiger partial charge >= 0.3 is 0 Å². The van der Waals surface area contributed by atoms with Crippen LogP contribution in [0.4, 0.5) is 0 Å². The molecule has 4 N–H and O–H groups in total. The van der Waals surface area contributed by atoms with Crippen LogP contribution in [0.25, 0.3) is 0 Å². The molecule has 0 aliphatic rings. The lowest BCUT2D eigenvalue weighted by atomic mass is 9.95. The molecule has 1 heterocycles. The summed E-state index contributed by atoms with van der Waals surface area (Å²) in [5.41, 5.74) is 0.357.